The largest absolute Gasteiger partial charge is 0.467 e. The number of carbonyl (C=O) groups excluding carboxylic acids is 2. The van der Waals surface area contributed by atoms with E-state index in [0.29, 0.717) is 19.6 Å². The van der Waals surface area contributed by atoms with E-state index >= 15 is 0 Å². The van der Waals surface area contributed by atoms with Crippen LogP contribution in [0.15, 0.2) is 53.1 Å². The molecule has 1 N–H and O–H groups in total. The summed E-state index contributed by atoms with van der Waals surface area (Å²) in [5.74, 6) is 0.576. The van der Waals surface area contributed by atoms with E-state index in [9.17, 15) is 9.59 Å². The molecule has 1 aliphatic heterocycles. The van der Waals surface area contributed by atoms with Crippen molar-refractivity contribution in [1.29, 1.82) is 0 Å². The van der Waals surface area contributed by atoms with Gasteiger partial charge in [0.05, 0.1) is 39.1 Å². The van der Waals surface area contributed by atoms with Crippen LogP contribution in [-0.2, 0) is 27.4 Å². The van der Waals surface area contributed by atoms with Crippen LogP contribution in [0.2, 0.25) is 0 Å². The highest BCUT2D eigenvalue weighted by Gasteiger charge is 2.21. The Kier molecular flexibility index (Phi) is 8.47. The summed E-state index contributed by atoms with van der Waals surface area (Å²) in [7, 11) is 0. The summed E-state index contributed by atoms with van der Waals surface area (Å²) in [6, 6.07) is 13.5. The first kappa shape index (κ1) is 22.1. The fourth-order valence-corrected chi connectivity index (χ4v) is 3.67. The van der Waals surface area contributed by atoms with Gasteiger partial charge in [-0.1, -0.05) is 30.3 Å². The van der Waals surface area contributed by atoms with Crippen molar-refractivity contribution in [1.82, 2.24) is 9.80 Å². The number of furan rings is 1. The lowest BCUT2D eigenvalue weighted by molar-refractivity contribution is -0.908. The monoisotopic (exact) mass is 414 g/mol. The molecule has 0 saturated carbocycles. The molecule has 1 aliphatic rings. The van der Waals surface area contributed by atoms with Gasteiger partial charge in [0.25, 0.3) is 0 Å². The van der Waals surface area contributed by atoms with E-state index in [1.54, 1.807) is 16.1 Å². The second kappa shape index (κ2) is 11.5. The SMILES string of the molecule is CC(=O)N(CCC[NH+]1CCOCC1)CC(=O)N(Cc1ccccc1)Cc1ccco1. The lowest BCUT2D eigenvalue weighted by Gasteiger charge is -2.28. The van der Waals surface area contributed by atoms with E-state index in [1.165, 1.54) is 11.8 Å². The molecule has 7 heteroatoms. The second-order valence-electron chi connectivity index (χ2n) is 7.72. The lowest BCUT2D eigenvalue weighted by Crippen LogP contribution is -3.14. The molecule has 0 atom stereocenters. The highest BCUT2D eigenvalue weighted by atomic mass is 16.5. The number of hydrogen-bond donors (Lipinski definition) is 1. The summed E-state index contributed by atoms with van der Waals surface area (Å²) >= 11 is 0. The molecule has 2 amide bonds. The Labute approximate surface area is 178 Å². The van der Waals surface area contributed by atoms with Gasteiger partial charge in [-0.25, -0.2) is 0 Å². The molecule has 1 aromatic heterocycles. The van der Waals surface area contributed by atoms with Crippen molar-refractivity contribution in [2.24, 2.45) is 0 Å². The van der Waals surface area contributed by atoms with Gasteiger partial charge in [0.1, 0.15) is 18.8 Å². The molecule has 2 heterocycles. The fraction of sp³-hybridized carbons (Fsp3) is 0.478. The Morgan fingerprint density at radius 3 is 2.43 bits per heavy atom. The average Bonchev–Trinajstić information content (AvgIpc) is 3.27. The molecule has 0 spiro atoms. The Balaban J connectivity index is 1.58. The Bertz CT molecular complexity index is 773. The topological polar surface area (TPSA) is 67.4 Å². The third-order valence-electron chi connectivity index (χ3n) is 5.43. The van der Waals surface area contributed by atoms with E-state index < -0.39 is 0 Å². The zero-order valence-corrected chi connectivity index (χ0v) is 17.7. The number of amides is 2. The van der Waals surface area contributed by atoms with Gasteiger partial charge < -0.3 is 23.9 Å². The number of quaternary nitrogens is 1. The molecule has 0 unspecified atom stereocenters. The number of rotatable bonds is 10. The van der Waals surface area contributed by atoms with Crippen LogP contribution in [0, 0.1) is 0 Å². The average molecular weight is 415 g/mol. The van der Waals surface area contributed by atoms with Crippen molar-refractivity contribution in [3.05, 3.63) is 60.1 Å². The Morgan fingerprint density at radius 1 is 1.00 bits per heavy atom. The molecule has 0 radical (unpaired) electrons. The van der Waals surface area contributed by atoms with Gasteiger partial charge in [-0.3, -0.25) is 9.59 Å². The van der Waals surface area contributed by atoms with Crippen LogP contribution in [0.5, 0.6) is 0 Å². The molecule has 3 rings (SSSR count). The minimum atomic E-state index is -0.0795. The number of benzene rings is 1. The third kappa shape index (κ3) is 7.00. The van der Waals surface area contributed by atoms with E-state index in [2.05, 4.69) is 0 Å². The first-order chi connectivity index (χ1) is 14.6. The summed E-state index contributed by atoms with van der Waals surface area (Å²) in [6.45, 7) is 7.66. The van der Waals surface area contributed by atoms with Gasteiger partial charge in [-0.15, -0.1) is 0 Å². The predicted octanol–water partition coefficient (Wildman–Crippen LogP) is 0.962. The third-order valence-corrected chi connectivity index (χ3v) is 5.43. The number of ether oxygens (including phenoxy) is 1. The minimum Gasteiger partial charge on any atom is -0.467 e. The maximum absolute atomic E-state index is 13.1. The minimum absolute atomic E-state index is 0.0713. The van der Waals surface area contributed by atoms with Crippen molar-refractivity contribution in [2.75, 3.05) is 45.9 Å². The molecule has 1 saturated heterocycles. The van der Waals surface area contributed by atoms with Crippen LogP contribution in [0.25, 0.3) is 0 Å². The smallest absolute Gasteiger partial charge is 0.242 e. The number of morpholine rings is 1. The second-order valence-corrected chi connectivity index (χ2v) is 7.72. The maximum Gasteiger partial charge on any atom is 0.242 e. The molecular formula is C23H32N3O4+. The Hall–Kier alpha value is -2.64. The zero-order valence-electron chi connectivity index (χ0n) is 17.7. The zero-order chi connectivity index (χ0) is 21.2. The van der Waals surface area contributed by atoms with E-state index in [4.69, 9.17) is 9.15 Å². The van der Waals surface area contributed by atoms with Crippen LogP contribution < -0.4 is 4.90 Å². The standard InChI is InChI=1S/C23H31N3O4/c1-20(27)25(11-6-10-24-12-15-29-16-13-24)19-23(28)26(18-22-9-5-14-30-22)17-21-7-3-2-4-8-21/h2-5,7-9,14H,6,10-13,15-19H2,1H3/p+1. The summed E-state index contributed by atoms with van der Waals surface area (Å²) in [4.78, 5) is 30.2. The normalized spacial score (nSPS) is 14.4. The van der Waals surface area contributed by atoms with Gasteiger partial charge in [0.15, 0.2) is 0 Å². The number of carbonyl (C=O) groups is 2. The van der Waals surface area contributed by atoms with Gasteiger partial charge in [0.2, 0.25) is 11.8 Å². The van der Waals surface area contributed by atoms with Crippen LogP contribution >= 0.6 is 0 Å². The molecule has 1 aromatic carbocycles. The van der Waals surface area contributed by atoms with Gasteiger partial charge >= 0.3 is 0 Å². The molecule has 30 heavy (non-hydrogen) atoms. The van der Waals surface area contributed by atoms with Crippen LogP contribution in [-0.4, -0.2) is 67.6 Å². The van der Waals surface area contributed by atoms with Crippen LogP contribution in [0.1, 0.15) is 24.7 Å². The summed E-state index contributed by atoms with van der Waals surface area (Å²) in [5.41, 5.74) is 1.04. The van der Waals surface area contributed by atoms with Crippen molar-refractivity contribution < 1.29 is 23.6 Å². The molecule has 0 bridgehead atoms. The van der Waals surface area contributed by atoms with Gasteiger partial charge in [-0.05, 0) is 17.7 Å². The summed E-state index contributed by atoms with van der Waals surface area (Å²) < 4.78 is 10.8. The van der Waals surface area contributed by atoms with Crippen LogP contribution in [0.3, 0.4) is 0 Å². The van der Waals surface area contributed by atoms with Gasteiger partial charge in [-0.2, -0.15) is 0 Å². The molecule has 2 aromatic rings. The molecular weight excluding hydrogens is 382 g/mol. The molecule has 162 valence electrons. The Morgan fingerprint density at radius 2 is 1.77 bits per heavy atom. The number of hydrogen-bond acceptors (Lipinski definition) is 4. The van der Waals surface area contributed by atoms with Crippen molar-refractivity contribution in [2.45, 2.75) is 26.4 Å². The van der Waals surface area contributed by atoms with Crippen LogP contribution in [0.4, 0.5) is 0 Å². The number of nitrogens with one attached hydrogen (secondary N) is 1. The van der Waals surface area contributed by atoms with Crippen molar-refractivity contribution in [3.8, 4) is 0 Å². The highest BCUT2D eigenvalue weighted by molar-refractivity contribution is 5.83. The molecule has 1 fully saturated rings. The fourth-order valence-electron chi connectivity index (χ4n) is 3.67. The van der Waals surface area contributed by atoms with E-state index in [1.807, 2.05) is 42.5 Å². The molecule has 0 aliphatic carbocycles. The molecule has 7 nitrogen and oxygen atoms in total. The number of nitrogens with zero attached hydrogens (tertiary/aromatic N) is 2. The summed E-state index contributed by atoms with van der Waals surface area (Å²) in [6.07, 6.45) is 2.48. The predicted molar refractivity (Wildman–Crippen MR) is 113 cm³/mol. The van der Waals surface area contributed by atoms with E-state index in [-0.39, 0.29) is 18.4 Å². The first-order valence-corrected chi connectivity index (χ1v) is 10.6. The van der Waals surface area contributed by atoms with Crippen molar-refractivity contribution in [3.63, 3.8) is 0 Å². The van der Waals surface area contributed by atoms with E-state index in [0.717, 1.165) is 50.6 Å². The highest BCUT2D eigenvalue weighted by Crippen LogP contribution is 2.12. The quantitative estimate of drug-likeness (QED) is 0.629. The van der Waals surface area contributed by atoms with Crippen molar-refractivity contribution >= 4 is 11.8 Å². The first-order valence-electron chi connectivity index (χ1n) is 10.6. The lowest BCUT2D eigenvalue weighted by atomic mass is 10.2. The summed E-state index contributed by atoms with van der Waals surface area (Å²) in [5, 5.41) is 0. The van der Waals surface area contributed by atoms with Gasteiger partial charge in [0, 0.05) is 26.4 Å². The maximum atomic E-state index is 13.1.